The first-order chi connectivity index (χ1) is 8.74. The van der Waals surface area contributed by atoms with Gasteiger partial charge in [0, 0.05) is 18.8 Å². The molecule has 0 aliphatic heterocycles. The summed E-state index contributed by atoms with van der Waals surface area (Å²) in [4.78, 5) is 4.20. The first-order valence-electron chi connectivity index (χ1n) is 5.35. The van der Waals surface area contributed by atoms with Gasteiger partial charge in [-0.2, -0.15) is 10.1 Å². The van der Waals surface area contributed by atoms with Crippen molar-refractivity contribution in [3.8, 4) is 11.6 Å². The zero-order valence-corrected chi connectivity index (χ0v) is 9.65. The lowest BCUT2D eigenvalue weighted by Crippen LogP contribution is -2.11. The highest BCUT2D eigenvalue weighted by molar-refractivity contribution is 5.45. The fraction of sp³-hybridized carbons (Fsp3) is 0.182. The summed E-state index contributed by atoms with van der Waals surface area (Å²) in [7, 11) is 1.82. The first-order valence-corrected chi connectivity index (χ1v) is 5.35. The van der Waals surface area contributed by atoms with Gasteiger partial charge in [-0.05, 0) is 12.1 Å². The summed E-state index contributed by atoms with van der Waals surface area (Å²) in [6, 6.07) is 3.02. The maximum atomic E-state index is 6.02. The van der Waals surface area contributed by atoms with Crippen LogP contribution in [0.3, 0.4) is 0 Å². The number of hydrogen-bond donors (Lipinski definition) is 1. The van der Waals surface area contributed by atoms with Gasteiger partial charge >= 0.3 is 0 Å². The molecular weight excluding hydrogens is 234 g/mol. The molecule has 3 rings (SSSR count). The Hall–Kier alpha value is -2.41. The highest BCUT2D eigenvalue weighted by Crippen LogP contribution is 2.21. The maximum absolute atomic E-state index is 6.02. The number of nitrogens with zero attached hydrogens (tertiary/aromatic N) is 4. The molecule has 3 heterocycles. The van der Waals surface area contributed by atoms with E-state index in [-0.39, 0.29) is 0 Å². The van der Waals surface area contributed by atoms with Crippen LogP contribution in [0, 0.1) is 0 Å². The van der Waals surface area contributed by atoms with Crippen molar-refractivity contribution in [2.45, 2.75) is 6.04 Å². The van der Waals surface area contributed by atoms with Gasteiger partial charge in [0.05, 0.1) is 12.5 Å². The summed E-state index contributed by atoms with van der Waals surface area (Å²) in [6.07, 6.45) is 5.02. The standard InChI is InChI=1S/C11H11N5O2/c1-16-6-7(5-13-16)9(12)11-14-10(15-18-11)8-3-2-4-17-8/h2-6,9H,12H2,1H3. The highest BCUT2D eigenvalue weighted by Gasteiger charge is 2.19. The van der Waals surface area contributed by atoms with E-state index in [4.69, 9.17) is 14.7 Å². The number of aromatic nitrogens is 4. The van der Waals surface area contributed by atoms with Crippen molar-refractivity contribution in [3.05, 3.63) is 42.2 Å². The topological polar surface area (TPSA) is 95.9 Å². The normalized spacial score (nSPS) is 12.8. The van der Waals surface area contributed by atoms with Gasteiger partial charge in [-0.15, -0.1) is 0 Å². The summed E-state index contributed by atoms with van der Waals surface area (Å²) in [5.41, 5.74) is 6.83. The van der Waals surface area contributed by atoms with Crippen molar-refractivity contribution in [2.24, 2.45) is 12.8 Å². The van der Waals surface area contributed by atoms with E-state index in [1.54, 1.807) is 35.5 Å². The largest absolute Gasteiger partial charge is 0.461 e. The van der Waals surface area contributed by atoms with Crippen LogP contribution in [-0.4, -0.2) is 19.9 Å². The molecule has 0 spiro atoms. The molecule has 3 aromatic rings. The van der Waals surface area contributed by atoms with E-state index in [0.29, 0.717) is 17.5 Å². The van der Waals surface area contributed by atoms with E-state index in [0.717, 1.165) is 5.56 Å². The molecule has 2 N–H and O–H groups in total. The van der Waals surface area contributed by atoms with Crippen molar-refractivity contribution in [1.29, 1.82) is 0 Å². The molecule has 0 saturated carbocycles. The molecule has 0 fully saturated rings. The zero-order chi connectivity index (χ0) is 12.5. The number of rotatable bonds is 3. The van der Waals surface area contributed by atoms with Gasteiger partial charge in [0.15, 0.2) is 5.76 Å². The van der Waals surface area contributed by atoms with Crippen LogP contribution in [-0.2, 0) is 7.05 Å². The SMILES string of the molecule is Cn1cc(C(N)c2nc(-c3ccco3)no2)cn1. The lowest BCUT2D eigenvalue weighted by molar-refractivity contribution is 0.366. The fourth-order valence-electron chi connectivity index (χ4n) is 1.61. The van der Waals surface area contributed by atoms with Crippen LogP contribution in [0.15, 0.2) is 39.7 Å². The molecule has 18 heavy (non-hydrogen) atoms. The number of aryl methyl sites for hydroxylation is 1. The Morgan fingerprint density at radius 1 is 1.44 bits per heavy atom. The Kier molecular flexibility index (Phi) is 2.45. The molecule has 0 saturated heterocycles. The van der Waals surface area contributed by atoms with Gasteiger partial charge < -0.3 is 14.7 Å². The Morgan fingerprint density at radius 2 is 2.33 bits per heavy atom. The van der Waals surface area contributed by atoms with E-state index < -0.39 is 6.04 Å². The van der Waals surface area contributed by atoms with Crippen LogP contribution in [0.1, 0.15) is 17.5 Å². The quantitative estimate of drug-likeness (QED) is 0.742. The molecule has 3 aromatic heterocycles. The molecule has 7 nitrogen and oxygen atoms in total. The average molecular weight is 245 g/mol. The van der Waals surface area contributed by atoms with Crippen LogP contribution in [0.4, 0.5) is 0 Å². The lowest BCUT2D eigenvalue weighted by atomic mass is 10.2. The predicted octanol–water partition coefficient (Wildman–Crippen LogP) is 1.11. The monoisotopic (exact) mass is 245 g/mol. The van der Waals surface area contributed by atoms with Crippen LogP contribution >= 0.6 is 0 Å². The summed E-state index contributed by atoms with van der Waals surface area (Å²) >= 11 is 0. The third-order valence-electron chi connectivity index (χ3n) is 2.53. The number of nitrogens with two attached hydrogens (primary N) is 1. The smallest absolute Gasteiger partial charge is 0.248 e. The maximum Gasteiger partial charge on any atom is 0.248 e. The van der Waals surface area contributed by atoms with Crippen LogP contribution in [0.25, 0.3) is 11.6 Å². The summed E-state index contributed by atoms with van der Waals surface area (Å²) in [5, 5.41) is 7.87. The van der Waals surface area contributed by atoms with E-state index in [1.165, 1.54) is 0 Å². The Morgan fingerprint density at radius 3 is 3.00 bits per heavy atom. The van der Waals surface area contributed by atoms with E-state index in [2.05, 4.69) is 15.2 Å². The van der Waals surface area contributed by atoms with E-state index in [1.807, 2.05) is 7.05 Å². The second kappa shape index (κ2) is 4.11. The molecule has 1 atom stereocenters. The van der Waals surface area contributed by atoms with E-state index in [9.17, 15) is 0 Å². The third-order valence-corrected chi connectivity index (χ3v) is 2.53. The van der Waals surface area contributed by atoms with Crippen molar-refractivity contribution in [3.63, 3.8) is 0 Å². The molecule has 0 radical (unpaired) electrons. The second-order valence-electron chi connectivity index (χ2n) is 3.86. The predicted molar refractivity (Wildman–Crippen MR) is 61.2 cm³/mol. The molecule has 7 heteroatoms. The highest BCUT2D eigenvalue weighted by atomic mass is 16.5. The summed E-state index contributed by atoms with van der Waals surface area (Å²) in [5.74, 6) is 1.26. The third kappa shape index (κ3) is 1.80. The van der Waals surface area contributed by atoms with Gasteiger partial charge in [-0.3, -0.25) is 4.68 Å². The fourth-order valence-corrected chi connectivity index (χ4v) is 1.61. The molecule has 0 aliphatic rings. The minimum atomic E-state index is -0.491. The van der Waals surface area contributed by atoms with Gasteiger partial charge in [0.1, 0.15) is 6.04 Å². The van der Waals surface area contributed by atoms with Crippen LogP contribution in [0.2, 0.25) is 0 Å². The number of hydrogen-bond acceptors (Lipinski definition) is 6. The Bertz CT molecular complexity index is 640. The number of furan rings is 1. The molecule has 0 amide bonds. The molecule has 1 unspecified atom stereocenters. The Balaban J connectivity index is 1.89. The van der Waals surface area contributed by atoms with Crippen molar-refractivity contribution in [1.82, 2.24) is 19.9 Å². The van der Waals surface area contributed by atoms with Gasteiger partial charge in [-0.1, -0.05) is 5.16 Å². The molecule has 0 aromatic carbocycles. The Labute approximate surface area is 102 Å². The molecular formula is C11H11N5O2. The zero-order valence-electron chi connectivity index (χ0n) is 9.65. The first kappa shape index (κ1) is 10.7. The van der Waals surface area contributed by atoms with Crippen molar-refractivity contribution < 1.29 is 8.94 Å². The second-order valence-corrected chi connectivity index (χ2v) is 3.86. The molecule has 92 valence electrons. The lowest BCUT2D eigenvalue weighted by Gasteiger charge is -2.01. The minimum Gasteiger partial charge on any atom is -0.461 e. The minimum absolute atomic E-state index is 0.328. The van der Waals surface area contributed by atoms with Gasteiger partial charge in [0.25, 0.3) is 0 Å². The molecule has 0 bridgehead atoms. The van der Waals surface area contributed by atoms with Crippen molar-refractivity contribution in [2.75, 3.05) is 0 Å². The van der Waals surface area contributed by atoms with E-state index >= 15 is 0 Å². The van der Waals surface area contributed by atoms with Gasteiger partial charge in [-0.25, -0.2) is 0 Å². The summed E-state index contributed by atoms with van der Waals surface area (Å²) < 4.78 is 12.0. The van der Waals surface area contributed by atoms with Crippen LogP contribution in [0.5, 0.6) is 0 Å². The molecule has 0 aliphatic carbocycles. The average Bonchev–Trinajstić information content (AvgIpc) is 3.09. The van der Waals surface area contributed by atoms with Gasteiger partial charge in [0.2, 0.25) is 11.7 Å². The summed E-state index contributed by atoms with van der Waals surface area (Å²) in [6.45, 7) is 0. The van der Waals surface area contributed by atoms with Crippen molar-refractivity contribution >= 4 is 0 Å². The van der Waals surface area contributed by atoms with Crippen LogP contribution < -0.4 is 5.73 Å².